The third-order valence-corrected chi connectivity index (χ3v) is 2.03. The van der Waals surface area contributed by atoms with Gasteiger partial charge in [-0.2, -0.15) is 0 Å². The Labute approximate surface area is 109 Å². The van der Waals surface area contributed by atoms with E-state index in [1.807, 2.05) is 5.32 Å². The normalized spacial score (nSPS) is 9.53. The molecule has 0 spiro atoms. The van der Waals surface area contributed by atoms with Gasteiger partial charge in [-0.25, -0.2) is 4.79 Å². The molecule has 0 aliphatic heterocycles. The maximum absolute atomic E-state index is 11.3. The van der Waals surface area contributed by atoms with Gasteiger partial charge >= 0.3 is 6.09 Å². The number of carbonyl (C=O) groups is 3. The Morgan fingerprint density at radius 2 is 1.95 bits per heavy atom. The van der Waals surface area contributed by atoms with Gasteiger partial charge in [0.1, 0.15) is 5.75 Å². The Balaban J connectivity index is 2.55. The Morgan fingerprint density at radius 1 is 1.26 bits per heavy atom. The topological polar surface area (TPSA) is 108 Å². The minimum atomic E-state index is -0.848. The monoisotopic (exact) mass is 266 g/mol. The number of rotatable bonds is 5. The summed E-state index contributed by atoms with van der Waals surface area (Å²) in [4.78, 5) is 33.4. The zero-order chi connectivity index (χ0) is 14.3. The molecule has 0 aliphatic carbocycles. The summed E-state index contributed by atoms with van der Waals surface area (Å²) in [6, 6.07) is 6.22. The molecule has 1 aromatic rings. The van der Waals surface area contributed by atoms with Crippen molar-refractivity contribution in [1.82, 2.24) is 5.32 Å². The number of alkyl carbamates (subject to hydrolysis) is 1. The fraction of sp³-hybridized carbons (Fsp3) is 0.250. The molecule has 0 radical (unpaired) electrons. The van der Waals surface area contributed by atoms with Crippen molar-refractivity contribution in [3.05, 3.63) is 29.8 Å². The van der Waals surface area contributed by atoms with Crippen molar-refractivity contribution in [2.24, 2.45) is 5.73 Å². The second kappa shape index (κ2) is 7.00. The lowest BCUT2D eigenvalue weighted by Gasteiger charge is -2.09. The first-order valence-corrected chi connectivity index (χ1v) is 5.52. The second-order valence-corrected chi connectivity index (χ2v) is 3.42. The Morgan fingerprint density at radius 3 is 2.58 bits per heavy atom. The van der Waals surface area contributed by atoms with Crippen molar-refractivity contribution in [3.63, 3.8) is 0 Å². The van der Waals surface area contributed by atoms with E-state index in [2.05, 4.69) is 4.74 Å². The summed E-state index contributed by atoms with van der Waals surface area (Å²) in [5.74, 6) is -1.17. The van der Waals surface area contributed by atoms with Crippen molar-refractivity contribution in [3.8, 4) is 5.75 Å². The molecule has 3 amide bonds. The van der Waals surface area contributed by atoms with Gasteiger partial charge in [-0.15, -0.1) is 0 Å². The summed E-state index contributed by atoms with van der Waals surface area (Å²) in [6.45, 7) is 1.34. The minimum Gasteiger partial charge on any atom is -0.483 e. The van der Waals surface area contributed by atoms with E-state index in [-0.39, 0.29) is 17.9 Å². The molecule has 0 atom stereocenters. The van der Waals surface area contributed by atoms with E-state index in [1.54, 1.807) is 19.1 Å². The highest BCUT2D eigenvalue weighted by molar-refractivity contribution is 5.96. The molecule has 3 N–H and O–H groups in total. The number of hydrogen-bond donors (Lipinski definition) is 2. The SMILES string of the molecule is CCOC(=O)NC(=O)COc1ccccc1C(N)=O. The van der Waals surface area contributed by atoms with Crippen molar-refractivity contribution in [1.29, 1.82) is 0 Å². The van der Waals surface area contributed by atoms with Crippen LogP contribution in [0.1, 0.15) is 17.3 Å². The van der Waals surface area contributed by atoms with Crippen molar-refractivity contribution >= 4 is 17.9 Å². The van der Waals surface area contributed by atoms with Crippen LogP contribution in [0.3, 0.4) is 0 Å². The highest BCUT2D eigenvalue weighted by Crippen LogP contribution is 2.16. The number of imide groups is 1. The Hall–Kier alpha value is -2.57. The highest BCUT2D eigenvalue weighted by atomic mass is 16.5. The second-order valence-electron chi connectivity index (χ2n) is 3.42. The van der Waals surface area contributed by atoms with Crippen molar-refractivity contribution in [2.45, 2.75) is 6.92 Å². The lowest BCUT2D eigenvalue weighted by atomic mass is 10.2. The minimum absolute atomic E-state index is 0.157. The smallest absolute Gasteiger partial charge is 0.413 e. The predicted molar refractivity (Wildman–Crippen MR) is 65.6 cm³/mol. The summed E-state index contributed by atoms with van der Waals surface area (Å²) in [6.07, 6.45) is -0.848. The Kier molecular flexibility index (Phi) is 5.34. The van der Waals surface area contributed by atoms with Crippen molar-refractivity contribution < 1.29 is 23.9 Å². The molecule has 1 aromatic carbocycles. The van der Waals surface area contributed by atoms with Crippen LogP contribution < -0.4 is 15.8 Å². The number of benzene rings is 1. The van der Waals surface area contributed by atoms with Gasteiger partial charge in [0.15, 0.2) is 6.61 Å². The van der Waals surface area contributed by atoms with Gasteiger partial charge in [-0.05, 0) is 19.1 Å². The van der Waals surface area contributed by atoms with Crippen LogP contribution in [0, 0.1) is 0 Å². The van der Waals surface area contributed by atoms with Gasteiger partial charge < -0.3 is 15.2 Å². The molecule has 0 bridgehead atoms. The molecule has 0 aromatic heterocycles. The van der Waals surface area contributed by atoms with Gasteiger partial charge in [-0.1, -0.05) is 12.1 Å². The van der Waals surface area contributed by atoms with E-state index < -0.39 is 24.5 Å². The maximum atomic E-state index is 11.3. The molecule has 0 unspecified atom stereocenters. The molecule has 1 rings (SSSR count). The van der Waals surface area contributed by atoms with Crippen LogP contribution in [-0.2, 0) is 9.53 Å². The van der Waals surface area contributed by atoms with Crippen LogP contribution in [0.4, 0.5) is 4.79 Å². The number of ether oxygens (including phenoxy) is 2. The number of nitrogens with one attached hydrogen (secondary N) is 1. The number of carbonyl (C=O) groups excluding carboxylic acids is 3. The van der Waals surface area contributed by atoms with Gasteiger partial charge in [0.25, 0.3) is 11.8 Å². The van der Waals surface area contributed by atoms with E-state index in [4.69, 9.17) is 10.5 Å². The van der Waals surface area contributed by atoms with Crippen LogP contribution in [0.2, 0.25) is 0 Å². The third kappa shape index (κ3) is 4.66. The largest absolute Gasteiger partial charge is 0.483 e. The third-order valence-electron chi connectivity index (χ3n) is 2.03. The first kappa shape index (κ1) is 14.5. The average molecular weight is 266 g/mol. The standard InChI is InChI=1S/C12H14N2O5/c1-2-18-12(17)14-10(15)7-19-9-6-4-3-5-8(9)11(13)16/h3-6H,2,7H2,1H3,(H2,13,16)(H,14,15,17). The number of amides is 3. The molecular weight excluding hydrogens is 252 g/mol. The molecule has 102 valence electrons. The Bertz CT molecular complexity index is 487. The number of para-hydroxylation sites is 1. The van der Waals surface area contributed by atoms with Crippen LogP contribution in [0.5, 0.6) is 5.75 Å². The lowest BCUT2D eigenvalue weighted by molar-refractivity contribution is -0.122. The molecular formula is C12H14N2O5. The molecule has 0 heterocycles. The van der Waals surface area contributed by atoms with Gasteiger partial charge in [0.05, 0.1) is 12.2 Å². The van der Waals surface area contributed by atoms with Gasteiger partial charge in [-0.3, -0.25) is 14.9 Å². The fourth-order valence-electron chi connectivity index (χ4n) is 1.26. The molecule has 7 nitrogen and oxygen atoms in total. The van der Waals surface area contributed by atoms with E-state index in [1.165, 1.54) is 12.1 Å². The number of nitrogens with two attached hydrogens (primary N) is 1. The molecule has 0 aliphatic rings. The first-order chi connectivity index (χ1) is 9.04. The zero-order valence-corrected chi connectivity index (χ0v) is 10.3. The average Bonchev–Trinajstić information content (AvgIpc) is 2.36. The van der Waals surface area contributed by atoms with Gasteiger partial charge in [0.2, 0.25) is 0 Å². The van der Waals surface area contributed by atoms with Crippen LogP contribution in [-0.4, -0.2) is 31.1 Å². The zero-order valence-electron chi connectivity index (χ0n) is 10.3. The van der Waals surface area contributed by atoms with Crippen LogP contribution >= 0.6 is 0 Å². The van der Waals surface area contributed by atoms with Crippen LogP contribution in [0.15, 0.2) is 24.3 Å². The predicted octanol–water partition coefficient (Wildman–Crippen LogP) is 0.437. The lowest BCUT2D eigenvalue weighted by Crippen LogP contribution is -2.35. The molecule has 0 saturated heterocycles. The number of hydrogen-bond acceptors (Lipinski definition) is 5. The highest BCUT2D eigenvalue weighted by Gasteiger charge is 2.12. The van der Waals surface area contributed by atoms with Crippen LogP contribution in [0.25, 0.3) is 0 Å². The molecule has 19 heavy (non-hydrogen) atoms. The molecule has 7 heteroatoms. The quantitative estimate of drug-likeness (QED) is 0.803. The molecule has 0 saturated carbocycles. The summed E-state index contributed by atoms with van der Waals surface area (Å²) in [7, 11) is 0. The van der Waals surface area contributed by atoms with Gasteiger partial charge in [0, 0.05) is 0 Å². The maximum Gasteiger partial charge on any atom is 0.413 e. The first-order valence-electron chi connectivity index (χ1n) is 5.52. The summed E-state index contributed by atoms with van der Waals surface area (Å²) >= 11 is 0. The number of primary amides is 1. The van der Waals surface area contributed by atoms with Crippen molar-refractivity contribution in [2.75, 3.05) is 13.2 Å². The van der Waals surface area contributed by atoms with E-state index in [0.717, 1.165) is 0 Å². The van der Waals surface area contributed by atoms with E-state index in [9.17, 15) is 14.4 Å². The van der Waals surface area contributed by atoms with E-state index in [0.29, 0.717) is 0 Å². The van der Waals surface area contributed by atoms with E-state index >= 15 is 0 Å². The molecule has 0 fully saturated rings. The summed E-state index contributed by atoms with van der Waals surface area (Å²) in [5, 5.41) is 1.96. The fourth-order valence-corrected chi connectivity index (χ4v) is 1.26. The summed E-state index contributed by atoms with van der Waals surface area (Å²) in [5.41, 5.74) is 5.31. The summed E-state index contributed by atoms with van der Waals surface area (Å²) < 4.78 is 9.64.